The molecule has 4 nitrogen and oxygen atoms in total. The van der Waals surface area contributed by atoms with Crippen LogP contribution in [-0.2, 0) is 0 Å². The lowest BCUT2D eigenvalue weighted by Crippen LogP contribution is -2.25. The van der Waals surface area contributed by atoms with Crippen molar-refractivity contribution in [1.29, 1.82) is 0 Å². The molecule has 0 saturated carbocycles. The monoisotopic (exact) mass is 244 g/mol. The first-order valence-electron chi connectivity index (χ1n) is 6.47. The highest BCUT2D eigenvalue weighted by Crippen LogP contribution is 2.21. The smallest absolute Gasteiger partial charge is 0.141 e. The van der Waals surface area contributed by atoms with Crippen LogP contribution < -0.4 is 5.32 Å². The first-order valence-corrected chi connectivity index (χ1v) is 6.47. The maximum absolute atomic E-state index is 4.19. The zero-order chi connectivity index (χ0) is 12.8. The first-order chi connectivity index (χ1) is 8.81. The van der Waals surface area contributed by atoms with Gasteiger partial charge in [0.25, 0.3) is 0 Å². The zero-order valence-corrected chi connectivity index (χ0v) is 10.9. The normalized spacial score (nSPS) is 14.3. The van der Waals surface area contributed by atoms with Crippen molar-refractivity contribution in [3.63, 3.8) is 0 Å². The number of aromatic nitrogens is 3. The predicted molar refractivity (Wildman–Crippen MR) is 72.0 cm³/mol. The molecule has 4 heteroatoms. The number of nitrogens with zero attached hydrogens (tertiary/aromatic N) is 2. The van der Waals surface area contributed by atoms with Gasteiger partial charge in [-0.05, 0) is 18.9 Å². The number of aromatic amines is 1. The number of hydrogen-bond donors (Lipinski definition) is 2. The van der Waals surface area contributed by atoms with E-state index in [1.807, 2.05) is 6.07 Å². The average molecular weight is 244 g/mol. The van der Waals surface area contributed by atoms with Gasteiger partial charge in [-0.1, -0.05) is 43.7 Å². The molecule has 18 heavy (non-hydrogen) atoms. The number of nitrogens with one attached hydrogen (secondary N) is 2. The molecule has 2 N–H and O–H groups in total. The molecule has 1 aromatic carbocycles. The first kappa shape index (κ1) is 12.8. The molecule has 2 atom stereocenters. The summed E-state index contributed by atoms with van der Waals surface area (Å²) in [6, 6.07) is 11.1. The Hall–Kier alpha value is -1.68. The van der Waals surface area contributed by atoms with E-state index in [9.17, 15) is 0 Å². The molecule has 0 aliphatic heterocycles. The molecule has 96 valence electrons. The van der Waals surface area contributed by atoms with E-state index in [1.54, 1.807) is 6.33 Å². The van der Waals surface area contributed by atoms with E-state index in [1.165, 1.54) is 5.56 Å². The van der Waals surface area contributed by atoms with Gasteiger partial charge < -0.3 is 5.32 Å². The highest BCUT2D eigenvalue weighted by Gasteiger charge is 2.15. The lowest BCUT2D eigenvalue weighted by Gasteiger charge is -2.22. The third-order valence-electron chi connectivity index (χ3n) is 3.07. The molecule has 1 heterocycles. The van der Waals surface area contributed by atoms with Crippen LogP contribution >= 0.6 is 0 Å². The summed E-state index contributed by atoms with van der Waals surface area (Å²) in [4.78, 5) is 4.19. The second kappa shape index (κ2) is 6.31. The van der Waals surface area contributed by atoms with Gasteiger partial charge in [-0.25, -0.2) is 4.98 Å². The molecule has 1 aromatic heterocycles. The Morgan fingerprint density at radius 3 is 2.67 bits per heavy atom. The van der Waals surface area contributed by atoms with Crippen LogP contribution in [0.3, 0.4) is 0 Å². The van der Waals surface area contributed by atoms with Crippen molar-refractivity contribution >= 4 is 0 Å². The molecular formula is C14H20N4. The molecule has 0 bridgehead atoms. The molecule has 0 spiro atoms. The minimum absolute atomic E-state index is 0.171. The van der Waals surface area contributed by atoms with E-state index < -0.39 is 0 Å². The van der Waals surface area contributed by atoms with Gasteiger partial charge in [-0.15, -0.1) is 0 Å². The van der Waals surface area contributed by atoms with Gasteiger partial charge >= 0.3 is 0 Å². The molecule has 0 radical (unpaired) electrons. The minimum Gasteiger partial charge on any atom is -0.301 e. The molecule has 0 saturated heterocycles. The highest BCUT2D eigenvalue weighted by atomic mass is 15.2. The Morgan fingerprint density at radius 1 is 1.28 bits per heavy atom. The van der Waals surface area contributed by atoms with Crippen molar-refractivity contribution in [3.05, 3.63) is 48.0 Å². The van der Waals surface area contributed by atoms with Crippen LogP contribution in [0.5, 0.6) is 0 Å². The van der Waals surface area contributed by atoms with Crippen molar-refractivity contribution in [2.45, 2.75) is 38.8 Å². The van der Waals surface area contributed by atoms with Crippen molar-refractivity contribution in [2.24, 2.45) is 0 Å². The van der Waals surface area contributed by atoms with E-state index in [4.69, 9.17) is 0 Å². The Balaban J connectivity index is 2.07. The molecular weight excluding hydrogens is 224 g/mol. The van der Waals surface area contributed by atoms with Crippen molar-refractivity contribution in [3.8, 4) is 0 Å². The fraction of sp³-hybridized carbons (Fsp3) is 0.429. The molecule has 0 aliphatic rings. The third kappa shape index (κ3) is 3.17. The Bertz CT molecular complexity index is 438. The van der Waals surface area contributed by atoms with Crippen LogP contribution in [0.4, 0.5) is 0 Å². The second-order valence-corrected chi connectivity index (χ2v) is 4.51. The topological polar surface area (TPSA) is 53.6 Å². The number of rotatable bonds is 6. The Morgan fingerprint density at radius 2 is 2.06 bits per heavy atom. The zero-order valence-electron chi connectivity index (χ0n) is 10.9. The van der Waals surface area contributed by atoms with Crippen LogP contribution in [0.2, 0.25) is 0 Å². The predicted octanol–water partition coefficient (Wildman–Crippen LogP) is 3.00. The molecule has 2 aromatic rings. The lowest BCUT2D eigenvalue weighted by molar-refractivity contribution is 0.428. The van der Waals surface area contributed by atoms with E-state index in [-0.39, 0.29) is 6.04 Å². The second-order valence-electron chi connectivity index (χ2n) is 4.51. The average Bonchev–Trinajstić information content (AvgIpc) is 2.93. The van der Waals surface area contributed by atoms with E-state index in [0.717, 1.165) is 18.7 Å². The summed E-state index contributed by atoms with van der Waals surface area (Å²) < 4.78 is 0. The Kier molecular flexibility index (Phi) is 4.47. The molecule has 0 fully saturated rings. The van der Waals surface area contributed by atoms with Gasteiger partial charge in [0, 0.05) is 6.04 Å². The van der Waals surface area contributed by atoms with Crippen molar-refractivity contribution in [2.75, 3.05) is 0 Å². The summed E-state index contributed by atoms with van der Waals surface area (Å²) in [5, 5.41) is 10.4. The summed E-state index contributed by atoms with van der Waals surface area (Å²) in [5.41, 5.74) is 1.32. The van der Waals surface area contributed by atoms with Crippen LogP contribution in [0.15, 0.2) is 36.7 Å². The van der Waals surface area contributed by atoms with E-state index >= 15 is 0 Å². The molecule has 0 amide bonds. The van der Waals surface area contributed by atoms with Crippen molar-refractivity contribution < 1.29 is 0 Å². The van der Waals surface area contributed by atoms with Gasteiger partial charge in [0.2, 0.25) is 0 Å². The lowest BCUT2D eigenvalue weighted by atomic mass is 10.0. The summed E-state index contributed by atoms with van der Waals surface area (Å²) in [6.07, 6.45) is 3.81. The Labute approximate surface area is 108 Å². The maximum Gasteiger partial charge on any atom is 0.141 e. The molecule has 2 unspecified atom stereocenters. The fourth-order valence-electron chi connectivity index (χ4n) is 2.12. The maximum atomic E-state index is 4.19. The SMILES string of the molecule is CCCC(NC(C)c1ncn[nH]1)c1ccccc1. The van der Waals surface area contributed by atoms with Crippen LogP contribution in [-0.4, -0.2) is 15.2 Å². The van der Waals surface area contributed by atoms with E-state index in [2.05, 4.69) is 58.6 Å². The molecule has 0 aliphatic carbocycles. The highest BCUT2D eigenvalue weighted by molar-refractivity contribution is 5.19. The standard InChI is InChI=1S/C14H20N4/c1-3-7-13(12-8-5-4-6-9-12)17-11(2)14-15-10-16-18-14/h4-6,8-11,13,17H,3,7H2,1-2H3,(H,15,16,18). The van der Waals surface area contributed by atoms with Gasteiger partial charge in [-0.3, -0.25) is 5.10 Å². The van der Waals surface area contributed by atoms with Crippen molar-refractivity contribution in [1.82, 2.24) is 20.5 Å². The van der Waals surface area contributed by atoms with Gasteiger partial charge in [0.1, 0.15) is 12.2 Å². The van der Waals surface area contributed by atoms with Gasteiger partial charge in [0.15, 0.2) is 0 Å². The van der Waals surface area contributed by atoms with E-state index in [0.29, 0.717) is 6.04 Å². The van der Waals surface area contributed by atoms with Crippen LogP contribution in [0, 0.1) is 0 Å². The van der Waals surface area contributed by atoms with Gasteiger partial charge in [-0.2, -0.15) is 5.10 Å². The third-order valence-corrected chi connectivity index (χ3v) is 3.07. The van der Waals surface area contributed by atoms with Crippen LogP contribution in [0.1, 0.15) is 50.2 Å². The number of benzene rings is 1. The largest absolute Gasteiger partial charge is 0.301 e. The molecule has 2 rings (SSSR count). The number of H-pyrrole nitrogens is 1. The minimum atomic E-state index is 0.171. The summed E-state index contributed by atoms with van der Waals surface area (Å²) in [7, 11) is 0. The summed E-state index contributed by atoms with van der Waals surface area (Å²) in [6.45, 7) is 4.31. The summed E-state index contributed by atoms with van der Waals surface area (Å²) in [5.74, 6) is 0.882. The summed E-state index contributed by atoms with van der Waals surface area (Å²) >= 11 is 0. The van der Waals surface area contributed by atoms with Crippen LogP contribution in [0.25, 0.3) is 0 Å². The number of hydrogen-bond acceptors (Lipinski definition) is 3. The fourth-order valence-corrected chi connectivity index (χ4v) is 2.12. The quantitative estimate of drug-likeness (QED) is 0.821. The van der Waals surface area contributed by atoms with Gasteiger partial charge in [0.05, 0.1) is 6.04 Å².